The number of amides is 2. The third-order valence-corrected chi connectivity index (χ3v) is 3.83. The maximum Gasteiger partial charge on any atom is 0.416 e. The third kappa shape index (κ3) is 5.77. The number of carbonyl (C=O) groups excluding carboxylic acids is 2. The van der Waals surface area contributed by atoms with Gasteiger partial charge in [-0.2, -0.15) is 13.2 Å². The molecule has 0 unspecified atom stereocenters. The molecule has 0 saturated heterocycles. The fourth-order valence-electron chi connectivity index (χ4n) is 2.18. The SMILES string of the molecule is O=C(CCNC(=O)c1ccccc1Cl)NCc1cccc(C(F)(F)F)c1. The lowest BCUT2D eigenvalue weighted by atomic mass is 10.1. The van der Waals surface area contributed by atoms with Crippen LogP contribution in [0.3, 0.4) is 0 Å². The van der Waals surface area contributed by atoms with Gasteiger partial charge in [-0.15, -0.1) is 0 Å². The van der Waals surface area contributed by atoms with E-state index in [-0.39, 0.29) is 25.4 Å². The Morgan fingerprint density at radius 3 is 2.42 bits per heavy atom. The molecule has 8 heteroatoms. The van der Waals surface area contributed by atoms with E-state index in [1.165, 1.54) is 12.1 Å². The molecule has 0 aromatic heterocycles. The molecule has 2 N–H and O–H groups in total. The summed E-state index contributed by atoms with van der Waals surface area (Å²) in [4.78, 5) is 23.7. The molecular weight excluding hydrogens is 369 g/mol. The Balaban J connectivity index is 1.78. The number of alkyl halides is 3. The van der Waals surface area contributed by atoms with Crippen molar-refractivity contribution in [2.75, 3.05) is 6.54 Å². The predicted molar refractivity (Wildman–Crippen MR) is 91.7 cm³/mol. The molecule has 0 aliphatic carbocycles. The first-order valence-corrected chi connectivity index (χ1v) is 8.11. The van der Waals surface area contributed by atoms with Gasteiger partial charge >= 0.3 is 6.18 Å². The number of carbonyl (C=O) groups is 2. The fraction of sp³-hybridized carbons (Fsp3) is 0.222. The van der Waals surface area contributed by atoms with E-state index in [1.54, 1.807) is 24.3 Å². The van der Waals surface area contributed by atoms with E-state index < -0.39 is 17.6 Å². The van der Waals surface area contributed by atoms with Crippen molar-refractivity contribution in [3.05, 3.63) is 70.2 Å². The summed E-state index contributed by atoms with van der Waals surface area (Å²) in [6.45, 7) is 0.0553. The van der Waals surface area contributed by atoms with Crippen LogP contribution in [0, 0.1) is 0 Å². The zero-order valence-corrected chi connectivity index (χ0v) is 14.3. The van der Waals surface area contributed by atoms with Gasteiger partial charge in [0.1, 0.15) is 0 Å². The minimum absolute atomic E-state index is 0.00481. The van der Waals surface area contributed by atoms with E-state index in [2.05, 4.69) is 10.6 Å². The van der Waals surface area contributed by atoms with Crippen LogP contribution in [0.25, 0.3) is 0 Å². The van der Waals surface area contributed by atoms with Gasteiger partial charge < -0.3 is 10.6 Å². The molecular formula is C18H16ClF3N2O2. The van der Waals surface area contributed by atoms with Crippen LogP contribution in [0.15, 0.2) is 48.5 Å². The van der Waals surface area contributed by atoms with Crippen molar-refractivity contribution in [3.63, 3.8) is 0 Å². The van der Waals surface area contributed by atoms with Gasteiger partial charge in [-0.3, -0.25) is 9.59 Å². The predicted octanol–water partition coefficient (Wildman–Crippen LogP) is 3.80. The molecule has 0 atom stereocenters. The lowest BCUT2D eigenvalue weighted by Gasteiger charge is -2.10. The maximum atomic E-state index is 12.6. The van der Waals surface area contributed by atoms with E-state index in [9.17, 15) is 22.8 Å². The van der Waals surface area contributed by atoms with Gasteiger partial charge in [-0.05, 0) is 29.8 Å². The number of hydrogen-bond donors (Lipinski definition) is 2. The summed E-state index contributed by atoms with van der Waals surface area (Å²) in [5.74, 6) is -0.789. The van der Waals surface area contributed by atoms with Gasteiger partial charge in [-0.1, -0.05) is 35.9 Å². The van der Waals surface area contributed by atoms with Crippen LogP contribution in [0.2, 0.25) is 5.02 Å². The Morgan fingerprint density at radius 2 is 1.73 bits per heavy atom. The summed E-state index contributed by atoms with van der Waals surface area (Å²) < 4.78 is 37.9. The molecule has 0 saturated carbocycles. The zero-order valence-electron chi connectivity index (χ0n) is 13.6. The Hall–Kier alpha value is -2.54. The summed E-state index contributed by atoms with van der Waals surface area (Å²) in [7, 11) is 0. The van der Waals surface area contributed by atoms with Crippen molar-refractivity contribution in [1.82, 2.24) is 10.6 Å². The second kappa shape index (κ2) is 8.71. The highest BCUT2D eigenvalue weighted by Crippen LogP contribution is 2.29. The average molecular weight is 385 g/mol. The van der Waals surface area contributed by atoms with Crippen LogP contribution in [0.5, 0.6) is 0 Å². The lowest BCUT2D eigenvalue weighted by Crippen LogP contribution is -2.30. The maximum absolute atomic E-state index is 12.6. The molecule has 138 valence electrons. The van der Waals surface area contributed by atoms with E-state index in [1.807, 2.05) is 0 Å². The second-order valence-electron chi connectivity index (χ2n) is 5.46. The third-order valence-electron chi connectivity index (χ3n) is 3.50. The van der Waals surface area contributed by atoms with Gasteiger partial charge in [0.2, 0.25) is 5.91 Å². The van der Waals surface area contributed by atoms with E-state index in [4.69, 9.17) is 11.6 Å². The van der Waals surface area contributed by atoms with Crippen LogP contribution in [0.1, 0.15) is 27.9 Å². The highest BCUT2D eigenvalue weighted by atomic mass is 35.5. The first-order valence-electron chi connectivity index (χ1n) is 7.73. The fourth-order valence-corrected chi connectivity index (χ4v) is 2.40. The first kappa shape index (κ1) is 19.8. The molecule has 2 aromatic rings. The van der Waals surface area contributed by atoms with Crippen LogP contribution in [-0.4, -0.2) is 18.4 Å². The van der Waals surface area contributed by atoms with Crippen LogP contribution < -0.4 is 10.6 Å². The number of nitrogens with one attached hydrogen (secondary N) is 2. The molecule has 2 amide bonds. The topological polar surface area (TPSA) is 58.2 Å². The highest BCUT2D eigenvalue weighted by molar-refractivity contribution is 6.33. The number of hydrogen-bond acceptors (Lipinski definition) is 2. The summed E-state index contributed by atoms with van der Waals surface area (Å²) in [6, 6.07) is 11.2. The van der Waals surface area contributed by atoms with Crippen LogP contribution in [-0.2, 0) is 17.5 Å². The van der Waals surface area contributed by atoms with Crippen LogP contribution >= 0.6 is 11.6 Å². The minimum atomic E-state index is -4.43. The van der Waals surface area contributed by atoms with Crippen molar-refractivity contribution in [1.29, 1.82) is 0 Å². The Bertz CT molecular complexity index is 794. The molecule has 0 radical (unpaired) electrons. The van der Waals surface area contributed by atoms with Crippen LogP contribution in [0.4, 0.5) is 13.2 Å². The number of rotatable bonds is 6. The van der Waals surface area contributed by atoms with Gasteiger partial charge in [0.05, 0.1) is 16.1 Å². The first-order chi connectivity index (χ1) is 12.3. The Morgan fingerprint density at radius 1 is 1.00 bits per heavy atom. The minimum Gasteiger partial charge on any atom is -0.352 e. The van der Waals surface area contributed by atoms with Crippen molar-refractivity contribution >= 4 is 23.4 Å². The Labute approximate surface area is 153 Å². The van der Waals surface area contributed by atoms with Gasteiger partial charge in [0.15, 0.2) is 0 Å². The highest BCUT2D eigenvalue weighted by Gasteiger charge is 2.30. The summed E-state index contributed by atoms with van der Waals surface area (Å²) in [6.07, 6.45) is -4.43. The van der Waals surface area contributed by atoms with E-state index >= 15 is 0 Å². The van der Waals surface area contributed by atoms with E-state index in [0.29, 0.717) is 16.1 Å². The van der Waals surface area contributed by atoms with Crippen molar-refractivity contribution < 1.29 is 22.8 Å². The molecule has 0 spiro atoms. The molecule has 2 rings (SSSR count). The number of halogens is 4. The molecule has 26 heavy (non-hydrogen) atoms. The molecule has 0 aliphatic rings. The largest absolute Gasteiger partial charge is 0.416 e. The molecule has 0 bridgehead atoms. The van der Waals surface area contributed by atoms with Crippen molar-refractivity contribution in [3.8, 4) is 0 Å². The smallest absolute Gasteiger partial charge is 0.352 e. The second-order valence-corrected chi connectivity index (χ2v) is 5.87. The molecule has 0 fully saturated rings. The Kier molecular flexibility index (Phi) is 6.63. The molecule has 2 aromatic carbocycles. The van der Waals surface area contributed by atoms with Crippen molar-refractivity contribution in [2.45, 2.75) is 19.1 Å². The summed E-state index contributed by atoms with van der Waals surface area (Å²) in [5, 5.41) is 5.39. The summed E-state index contributed by atoms with van der Waals surface area (Å²) in [5.41, 5.74) is -0.122. The van der Waals surface area contributed by atoms with Gasteiger partial charge in [-0.25, -0.2) is 0 Å². The molecule has 0 heterocycles. The van der Waals surface area contributed by atoms with Crippen molar-refractivity contribution in [2.24, 2.45) is 0 Å². The number of benzene rings is 2. The normalized spacial score (nSPS) is 11.1. The average Bonchev–Trinajstić information content (AvgIpc) is 2.60. The standard InChI is InChI=1S/C18H16ClF3N2O2/c19-15-7-2-1-6-14(15)17(26)23-9-8-16(25)24-11-12-4-3-5-13(10-12)18(20,21)22/h1-7,10H,8-9,11H2,(H,23,26)(H,24,25). The van der Waals surface area contributed by atoms with Gasteiger partial charge in [0.25, 0.3) is 5.91 Å². The monoisotopic (exact) mass is 384 g/mol. The quantitative estimate of drug-likeness (QED) is 0.796. The lowest BCUT2D eigenvalue weighted by molar-refractivity contribution is -0.137. The molecule has 0 aliphatic heterocycles. The zero-order chi connectivity index (χ0) is 19.2. The molecule has 4 nitrogen and oxygen atoms in total. The van der Waals surface area contributed by atoms with Gasteiger partial charge in [0, 0.05) is 19.5 Å². The van der Waals surface area contributed by atoms with E-state index in [0.717, 1.165) is 12.1 Å². The summed E-state index contributed by atoms with van der Waals surface area (Å²) >= 11 is 5.90.